The van der Waals surface area contributed by atoms with Gasteiger partial charge in [0.25, 0.3) is 0 Å². The highest BCUT2D eigenvalue weighted by atomic mass is 79.9. The van der Waals surface area contributed by atoms with E-state index in [1.807, 2.05) is 12.1 Å². The van der Waals surface area contributed by atoms with Crippen LogP contribution >= 0.6 is 15.9 Å². The molecule has 1 aliphatic heterocycles. The molecule has 0 saturated heterocycles. The van der Waals surface area contributed by atoms with Gasteiger partial charge in [0.05, 0.1) is 24.2 Å². The third-order valence-corrected chi connectivity index (χ3v) is 3.42. The van der Waals surface area contributed by atoms with Gasteiger partial charge in [-0.3, -0.25) is 0 Å². The van der Waals surface area contributed by atoms with E-state index in [0.29, 0.717) is 0 Å². The zero-order valence-electron chi connectivity index (χ0n) is 9.32. The number of benzene rings is 1. The van der Waals surface area contributed by atoms with Gasteiger partial charge in [0.2, 0.25) is 0 Å². The summed E-state index contributed by atoms with van der Waals surface area (Å²) in [5.41, 5.74) is 2.41. The molecule has 0 saturated carbocycles. The van der Waals surface area contributed by atoms with E-state index >= 15 is 0 Å². The average molecular weight is 293 g/mol. The van der Waals surface area contributed by atoms with Crippen molar-refractivity contribution in [2.24, 2.45) is 0 Å². The molecule has 0 amide bonds. The predicted molar refractivity (Wildman–Crippen MR) is 72.4 cm³/mol. The zero-order chi connectivity index (χ0) is 11.7. The summed E-state index contributed by atoms with van der Waals surface area (Å²) in [5.74, 6) is 1.00. The SMILES string of the molecule is Brc1ccc2c(c1)NCCN2Cc1ccco1. The molecule has 17 heavy (non-hydrogen) atoms. The highest BCUT2D eigenvalue weighted by Gasteiger charge is 2.17. The molecule has 1 N–H and O–H groups in total. The van der Waals surface area contributed by atoms with Crippen molar-refractivity contribution in [2.45, 2.75) is 6.54 Å². The van der Waals surface area contributed by atoms with Crippen LogP contribution in [0, 0.1) is 0 Å². The molecular formula is C13H13BrN2O. The van der Waals surface area contributed by atoms with Gasteiger partial charge in [0, 0.05) is 17.6 Å². The third kappa shape index (κ3) is 2.17. The Morgan fingerprint density at radius 3 is 3.12 bits per heavy atom. The summed E-state index contributed by atoms with van der Waals surface area (Å²) in [6.45, 7) is 2.78. The molecule has 0 unspecified atom stereocenters. The first-order valence-electron chi connectivity index (χ1n) is 5.64. The Morgan fingerprint density at radius 1 is 1.35 bits per heavy atom. The molecule has 4 heteroatoms. The van der Waals surface area contributed by atoms with Crippen LogP contribution < -0.4 is 10.2 Å². The average Bonchev–Trinajstić information content (AvgIpc) is 2.82. The van der Waals surface area contributed by atoms with Gasteiger partial charge in [-0.25, -0.2) is 0 Å². The first-order chi connectivity index (χ1) is 8.33. The number of nitrogens with one attached hydrogen (secondary N) is 1. The monoisotopic (exact) mass is 292 g/mol. The van der Waals surface area contributed by atoms with Crippen molar-refractivity contribution in [3.63, 3.8) is 0 Å². The largest absolute Gasteiger partial charge is 0.467 e. The van der Waals surface area contributed by atoms with Gasteiger partial charge >= 0.3 is 0 Å². The zero-order valence-corrected chi connectivity index (χ0v) is 10.9. The maximum absolute atomic E-state index is 5.40. The van der Waals surface area contributed by atoms with Gasteiger partial charge in [-0.2, -0.15) is 0 Å². The number of hydrogen-bond donors (Lipinski definition) is 1. The van der Waals surface area contributed by atoms with Crippen LogP contribution in [0.15, 0.2) is 45.5 Å². The standard InChI is InChI=1S/C13H13BrN2O/c14-10-3-4-13-12(8-10)15-5-6-16(13)9-11-2-1-7-17-11/h1-4,7-8,15H,5-6,9H2. The van der Waals surface area contributed by atoms with Gasteiger partial charge in [-0.05, 0) is 30.3 Å². The number of nitrogens with zero attached hydrogens (tertiary/aromatic N) is 1. The number of rotatable bonds is 2. The quantitative estimate of drug-likeness (QED) is 0.919. The summed E-state index contributed by atoms with van der Waals surface area (Å²) >= 11 is 3.49. The normalized spacial score (nSPS) is 14.3. The molecule has 3 nitrogen and oxygen atoms in total. The highest BCUT2D eigenvalue weighted by molar-refractivity contribution is 9.10. The van der Waals surface area contributed by atoms with Crippen LogP contribution in [-0.4, -0.2) is 13.1 Å². The molecule has 0 radical (unpaired) electrons. The second-order valence-electron chi connectivity index (χ2n) is 4.09. The fourth-order valence-corrected chi connectivity index (χ4v) is 2.49. The highest BCUT2D eigenvalue weighted by Crippen LogP contribution is 2.32. The fraction of sp³-hybridized carbons (Fsp3) is 0.231. The smallest absolute Gasteiger partial charge is 0.123 e. The maximum Gasteiger partial charge on any atom is 0.123 e. The molecule has 2 heterocycles. The van der Waals surface area contributed by atoms with Crippen molar-refractivity contribution in [3.8, 4) is 0 Å². The molecule has 0 bridgehead atoms. The Kier molecular flexibility index (Phi) is 2.81. The molecule has 3 rings (SSSR count). The molecule has 0 fully saturated rings. The van der Waals surface area contributed by atoms with Crippen molar-refractivity contribution in [1.82, 2.24) is 0 Å². The fourth-order valence-electron chi connectivity index (χ4n) is 2.13. The summed E-state index contributed by atoms with van der Waals surface area (Å²) in [6, 6.07) is 10.3. The van der Waals surface area contributed by atoms with Gasteiger partial charge in [-0.15, -0.1) is 0 Å². The third-order valence-electron chi connectivity index (χ3n) is 2.92. The molecule has 1 aromatic heterocycles. The minimum Gasteiger partial charge on any atom is -0.467 e. The Morgan fingerprint density at radius 2 is 2.29 bits per heavy atom. The lowest BCUT2D eigenvalue weighted by Gasteiger charge is -2.31. The molecule has 1 aromatic carbocycles. The number of hydrogen-bond acceptors (Lipinski definition) is 3. The second kappa shape index (κ2) is 4.45. The van der Waals surface area contributed by atoms with E-state index in [1.165, 1.54) is 11.4 Å². The molecule has 1 aliphatic rings. The Bertz CT molecular complexity index is 510. The van der Waals surface area contributed by atoms with E-state index in [9.17, 15) is 0 Å². The molecule has 2 aromatic rings. The van der Waals surface area contributed by atoms with Crippen molar-refractivity contribution in [1.29, 1.82) is 0 Å². The number of furan rings is 1. The van der Waals surface area contributed by atoms with Crippen LogP contribution in [0.2, 0.25) is 0 Å². The lowest BCUT2D eigenvalue weighted by molar-refractivity contribution is 0.502. The lowest BCUT2D eigenvalue weighted by Crippen LogP contribution is -2.33. The summed E-state index contributed by atoms with van der Waals surface area (Å²) in [5, 5.41) is 3.41. The van der Waals surface area contributed by atoms with E-state index in [2.05, 4.69) is 44.3 Å². The van der Waals surface area contributed by atoms with E-state index < -0.39 is 0 Å². The van der Waals surface area contributed by atoms with E-state index in [0.717, 1.165) is 29.9 Å². The van der Waals surface area contributed by atoms with E-state index in [4.69, 9.17) is 4.42 Å². The van der Waals surface area contributed by atoms with Crippen LogP contribution in [0.1, 0.15) is 5.76 Å². The Labute approximate surface area is 109 Å². The van der Waals surface area contributed by atoms with Crippen LogP contribution in [0.5, 0.6) is 0 Å². The lowest BCUT2D eigenvalue weighted by atomic mass is 10.2. The van der Waals surface area contributed by atoms with Gasteiger partial charge < -0.3 is 14.6 Å². The van der Waals surface area contributed by atoms with Gasteiger partial charge in [-0.1, -0.05) is 15.9 Å². The van der Waals surface area contributed by atoms with Crippen molar-refractivity contribution < 1.29 is 4.42 Å². The molecule has 0 spiro atoms. The van der Waals surface area contributed by atoms with Crippen LogP contribution in [-0.2, 0) is 6.54 Å². The van der Waals surface area contributed by atoms with E-state index in [1.54, 1.807) is 6.26 Å². The molecule has 0 aliphatic carbocycles. The van der Waals surface area contributed by atoms with Crippen molar-refractivity contribution >= 4 is 27.3 Å². The number of fused-ring (bicyclic) bond motifs is 1. The Balaban J connectivity index is 1.89. The maximum atomic E-state index is 5.40. The first kappa shape index (κ1) is 10.7. The minimum absolute atomic E-state index is 0.823. The summed E-state index contributed by atoms with van der Waals surface area (Å²) in [4.78, 5) is 2.33. The van der Waals surface area contributed by atoms with Crippen molar-refractivity contribution in [3.05, 3.63) is 46.8 Å². The predicted octanol–water partition coefficient (Wildman–Crippen LogP) is 3.47. The number of anilines is 2. The summed E-state index contributed by atoms with van der Waals surface area (Å²) in [6.07, 6.45) is 1.72. The van der Waals surface area contributed by atoms with E-state index in [-0.39, 0.29) is 0 Å². The summed E-state index contributed by atoms with van der Waals surface area (Å²) < 4.78 is 6.50. The van der Waals surface area contributed by atoms with Crippen molar-refractivity contribution in [2.75, 3.05) is 23.3 Å². The van der Waals surface area contributed by atoms with Gasteiger partial charge in [0.1, 0.15) is 5.76 Å². The Hall–Kier alpha value is -1.42. The first-order valence-corrected chi connectivity index (χ1v) is 6.43. The topological polar surface area (TPSA) is 28.4 Å². The molecule has 0 atom stereocenters. The van der Waals surface area contributed by atoms with Gasteiger partial charge in [0.15, 0.2) is 0 Å². The van der Waals surface area contributed by atoms with Crippen LogP contribution in [0.3, 0.4) is 0 Å². The summed E-state index contributed by atoms with van der Waals surface area (Å²) in [7, 11) is 0. The van der Waals surface area contributed by atoms with Crippen LogP contribution in [0.25, 0.3) is 0 Å². The minimum atomic E-state index is 0.823. The molecule has 88 valence electrons. The molecular weight excluding hydrogens is 280 g/mol. The number of halogens is 1. The van der Waals surface area contributed by atoms with Crippen LogP contribution in [0.4, 0.5) is 11.4 Å². The second-order valence-corrected chi connectivity index (χ2v) is 5.00.